The average Bonchev–Trinajstić information content (AvgIpc) is 3.49. The monoisotopic (exact) mass is 436 g/mol. The SMILES string of the molecule is CC(=O)N(c1ccccc1)c1nc(/C=C/C(=O)Nc2nc(-c3ccco3)cs2)cs1. The first kappa shape index (κ1) is 19.7. The van der Waals surface area contributed by atoms with Gasteiger partial charge in [0.15, 0.2) is 16.0 Å². The number of aromatic nitrogens is 2. The maximum atomic E-state index is 12.2. The lowest BCUT2D eigenvalue weighted by Gasteiger charge is -2.17. The van der Waals surface area contributed by atoms with Crippen molar-refractivity contribution in [3.05, 3.63) is 71.3 Å². The van der Waals surface area contributed by atoms with Gasteiger partial charge in [0.1, 0.15) is 5.69 Å². The van der Waals surface area contributed by atoms with E-state index in [2.05, 4.69) is 15.3 Å². The van der Waals surface area contributed by atoms with Crippen LogP contribution in [0.15, 0.2) is 70.0 Å². The number of furan rings is 1. The topological polar surface area (TPSA) is 88.3 Å². The van der Waals surface area contributed by atoms with Crippen molar-refractivity contribution in [2.75, 3.05) is 10.2 Å². The second kappa shape index (κ2) is 8.85. The van der Waals surface area contributed by atoms with E-state index in [0.29, 0.717) is 27.4 Å². The normalized spacial score (nSPS) is 11.0. The van der Waals surface area contributed by atoms with E-state index >= 15 is 0 Å². The molecule has 0 fully saturated rings. The molecule has 0 unspecified atom stereocenters. The van der Waals surface area contributed by atoms with Crippen molar-refractivity contribution in [2.24, 2.45) is 0 Å². The highest BCUT2D eigenvalue weighted by atomic mass is 32.1. The zero-order valence-corrected chi connectivity index (χ0v) is 17.4. The van der Waals surface area contributed by atoms with Gasteiger partial charge in [-0.25, -0.2) is 9.97 Å². The van der Waals surface area contributed by atoms with E-state index in [1.807, 2.05) is 35.7 Å². The number of benzene rings is 1. The van der Waals surface area contributed by atoms with Gasteiger partial charge >= 0.3 is 0 Å². The fraction of sp³-hybridized carbons (Fsp3) is 0.0476. The zero-order chi connectivity index (χ0) is 20.9. The van der Waals surface area contributed by atoms with Crippen LogP contribution in [0.25, 0.3) is 17.5 Å². The molecule has 9 heteroatoms. The Hall–Kier alpha value is -3.56. The molecular weight excluding hydrogens is 420 g/mol. The summed E-state index contributed by atoms with van der Waals surface area (Å²) in [5, 5.41) is 7.33. The Bertz CT molecular complexity index is 1180. The number of anilines is 3. The number of nitrogens with one attached hydrogen (secondary N) is 1. The molecule has 0 saturated heterocycles. The van der Waals surface area contributed by atoms with Crippen molar-refractivity contribution in [3.8, 4) is 11.5 Å². The fourth-order valence-corrected chi connectivity index (χ4v) is 4.19. The van der Waals surface area contributed by atoms with Crippen LogP contribution in [-0.2, 0) is 9.59 Å². The third-order valence-electron chi connectivity index (χ3n) is 3.94. The highest BCUT2D eigenvalue weighted by Crippen LogP contribution is 2.29. The van der Waals surface area contributed by atoms with Crippen LogP contribution in [0.3, 0.4) is 0 Å². The van der Waals surface area contributed by atoms with E-state index in [1.165, 1.54) is 40.6 Å². The minimum atomic E-state index is -0.323. The maximum Gasteiger partial charge on any atom is 0.250 e. The van der Waals surface area contributed by atoms with Gasteiger partial charge in [0.05, 0.1) is 17.6 Å². The standard InChI is InChI=1S/C21H16N4O3S2/c1-14(26)25(16-6-3-2-4-7-16)21-22-15(12-30-21)9-10-19(27)24-20-23-17(13-29-20)18-8-5-11-28-18/h2-13H,1H3,(H,23,24,27)/b10-9+. The van der Waals surface area contributed by atoms with E-state index in [0.717, 1.165) is 5.69 Å². The summed E-state index contributed by atoms with van der Waals surface area (Å²) in [5.41, 5.74) is 1.99. The number of nitrogens with zero attached hydrogens (tertiary/aromatic N) is 3. The van der Waals surface area contributed by atoms with Crippen LogP contribution in [0.1, 0.15) is 12.6 Å². The Labute approximate surface area is 180 Å². The summed E-state index contributed by atoms with van der Waals surface area (Å²) in [4.78, 5) is 34.6. The Morgan fingerprint density at radius 1 is 1.07 bits per heavy atom. The number of amides is 2. The van der Waals surface area contributed by atoms with E-state index in [4.69, 9.17) is 4.42 Å². The second-order valence-corrected chi connectivity index (χ2v) is 7.78. The third kappa shape index (κ3) is 4.53. The molecule has 0 bridgehead atoms. The van der Waals surface area contributed by atoms with Gasteiger partial charge in [0.25, 0.3) is 0 Å². The molecule has 1 N–H and O–H groups in total. The summed E-state index contributed by atoms with van der Waals surface area (Å²) in [6.07, 6.45) is 4.55. The minimum absolute atomic E-state index is 0.139. The van der Waals surface area contributed by atoms with Gasteiger partial charge in [-0.15, -0.1) is 22.7 Å². The van der Waals surface area contributed by atoms with Crippen molar-refractivity contribution >= 4 is 56.5 Å². The molecule has 3 heterocycles. The molecule has 2 amide bonds. The highest BCUT2D eigenvalue weighted by Gasteiger charge is 2.17. The smallest absolute Gasteiger partial charge is 0.250 e. The third-order valence-corrected chi connectivity index (χ3v) is 5.55. The van der Waals surface area contributed by atoms with Crippen LogP contribution in [0.2, 0.25) is 0 Å². The number of carbonyl (C=O) groups excluding carboxylic acids is 2. The lowest BCUT2D eigenvalue weighted by Crippen LogP contribution is -2.22. The van der Waals surface area contributed by atoms with Gasteiger partial charge in [0, 0.05) is 23.8 Å². The molecule has 0 atom stereocenters. The predicted octanol–water partition coefficient (Wildman–Crippen LogP) is 5.20. The average molecular weight is 437 g/mol. The Balaban J connectivity index is 1.43. The number of hydrogen-bond acceptors (Lipinski definition) is 7. The summed E-state index contributed by atoms with van der Waals surface area (Å²) in [7, 11) is 0. The van der Waals surface area contributed by atoms with Gasteiger partial charge in [-0.1, -0.05) is 18.2 Å². The molecule has 7 nitrogen and oxygen atoms in total. The van der Waals surface area contributed by atoms with Crippen LogP contribution >= 0.6 is 22.7 Å². The number of para-hydroxylation sites is 1. The van der Waals surface area contributed by atoms with Crippen LogP contribution in [0.5, 0.6) is 0 Å². The summed E-state index contributed by atoms with van der Waals surface area (Å²) in [6.45, 7) is 1.49. The first-order chi connectivity index (χ1) is 14.6. The van der Waals surface area contributed by atoms with Gasteiger partial charge in [-0.3, -0.25) is 19.8 Å². The summed E-state index contributed by atoms with van der Waals surface area (Å²) < 4.78 is 5.30. The molecule has 0 saturated carbocycles. The van der Waals surface area contributed by atoms with Gasteiger partial charge < -0.3 is 4.42 Å². The molecular formula is C21H16N4O3S2. The molecule has 0 radical (unpaired) electrons. The second-order valence-electron chi connectivity index (χ2n) is 6.08. The van der Waals surface area contributed by atoms with Crippen molar-refractivity contribution in [1.82, 2.24) is 9.97 Å². The summed E-state index contributed by atoms with van der Waals surface area (Å²) in [6, 6.07) is 12.9. The molecule has 30 heavy (non-hydrogen) atoms. The van der Waals surface area contributed by atoms with Gasteiger partial charge in [0.2, 0.25) is 11.8 Å². The molecule has 4 rings (SSSR count). The van der Waals surface area contributed by atoms with Gasteiger partial charge in [-0.05, 0) is 30.3 Å². The highest BCUT2D eigenvalue weighted by molar-refractivity contribution is 7.14. The quantitative estimate of drug-likeness (QED) is 0.420. The molecule has 0 spiro atoms. The molecule has 0 aliphatic heterocycles. The van der Waals surface area contributed by atoms with Crippen LogP contribution in [0, 0.1) is 0 Å². The molecule has 4 aromatic rings. The first-order valence-corrected chi connectivity index (χ1v) is 10.7. The Morgan fingerprint density at radius 2 is 1.90 bits per heavy atom. The Kier molecular flexibility index (Phi) is 5.82. The number of thiazole rings is 2. The number of hydrogen-bond donors (Lipinski definition) is 1. The molecule has 0 aliphatic carbocycles. The van der Waals surface area contributed by atoms with E-state index in [1.54, 1.807) is 29.9 Å². The molecule has 0 aliphatic rings. The molecule has 150 valence electrons. The van der Waals surface area contributed by atoms with Crippen molar-refractivity contribution < 1.29 is 14.0 Å². The summed E-state index contributed by atoms with van der Waals surface area (Å²) >= 11 is 2.64. The minimum Gasteiger partial charge on any atom is -0.463 e. The number of carbonyl (C=O) groups is 2. The van der Waals surface area contributed by atoms with Crippen molar-refractivity contribution in [3.63, 3.8) is 0 Å². The molecule has 1 aromatic carbocycles. The first-order valence-electron chi connectivity index (χ1n) is 8.90. The zero-order valence-electron chi connectivity index (χ0n) is 15.8. The Morgan fingerprint density at radius 3 is 2.63 bits per heavy atom. The lowest BCUT2D eigenvalue weighted by molar-refractivity contribution is -0.116. The molecule has 3 aromatic heterocycles. The predicted molar refractivity (Wildman–Crippen MR) is 119 cm³/mol. The van der Waals surface area contributed by atoms with Gasteiger partial charge in [-0.2, -0.15) is 0 Å². The van der Waals surface area contributed by atoms with Crippen molar-refractivity contribution in [2.45, 2.75) is 6.92 Å². The fourth-order valence-electron chi connectivity index (χ4n) is 2.64. The van der Waals surface area contributed by atoms with E-state index in [9.17, 15) is 9.59 Å². The lowest BCUT2D eigenvalue weighted by atomic mass is 10.3. The van der Waals surface area contributed by atoms with E-state index in [-0.39, 0.29) is 11.8 Å². The largest absolute Gasteiger partial charge is 0.463 e. The van der Waals surface area contributed by atoms with Crippen LogP contribution in [-0.4, -0.2) is 21.8 Å². The number of rotatable bonds is 6. The van der Waals surface area contributed by atoms with Crippen LogP contribution in [0.4, 0.5) is 16.0 Å². The van der Waals surface area contributed by atoms with Crippen LogP contribution < -0.4 is 10.2 Å². The maximum absolute atomic E-state index is 12.2. The van der Waals surface area contributed by atoms with Crippen molar-refractivity contribution in [1.29, 1.82) is 0 Å². The summed E-state index contributed by atoms with van der Waals surface area (Å²) in [5.74, 6) is 0.182. The van der Waals surface area contributed by atoms with E-state index < -0.39 is 0 Å².